The lowest BCUT2D eigenvalue weighted by Gasteiger charge is -2.32. The monoisotopic (exact) mass is 197 g/mol. The van der Waals surface area contributed by atoms with Crippen LogP contribution >= 0.6 is 0 Å². The molecule has 0 aromatic heterocycles. The van der Waals surface area contributed by atoms with Gasteiger partial charge in [0.05, 0.1) is 0 Å². The zero-order valence-electron chi connectivity index (χ0n) is 11.1. The zero-order valence-corrected chi connectivity index (χ0v) is 11.1. The third kappa shape index (κ3) is 6.99. The van der Waals surface area contributed by atoms with E-state index in [0.717, 1.165) is 13.0 Å². The van der Waals surface area contributed by atoms with Gasteiger partial charge in [0.25, 0.3) is 0 Å². The molecule has 0 N–H and O–H groups in total. The molecular formula is C13H27N. The highest BCUT2D eigenvalue weighted by Crippen LogP contribution is 2.26. The minimum Gasteiger partial charge on any atom is -0.378 e. The van der Waals surface area contributed by atoms with E-state index in [9.17, 15) is 0 Å². The lowest BCUT2D eigenvalue weighted by Crippen LogP contribution is -2.29. The van der Waals surface area contributed by atoms with Gasteiger partial charge in [-0.3, -0.25) is 0 Å². The molecule has 0 aliphatic rings. The molecular weight excluding hydrogens is 170 g/mol. The number of hydrogen-bond acceptors (Lipinski definition) is 1. The Morgan fingerprint density at radius 2 is 1.43 bits per heavy atom. The molecule has 0 aromatic carbocycles. The van der Waals surface area contributed by atoms with Crippen LogP contribution in [-0.2, 0) is 0 Å². The van der Waals surface area contributed by atoms with Gasteiger partial charge >= 0.3 is 0 Å². The van der Waals surface area contributed by atoms with Crippen molar-refractivity contribution in [1.29, 1.82) is 0 Å². The van der Waals surface area contributed by atoms with Crippen LogP contribution in [0.4, 0.5) is 0 Å². The van der Waals surface area contributed by atoms with Gasteiger partial charge in [0, 0.05) is 19.3 Å². The van der Waals surface area contributed by atoms with Gasteiger partial charge in [0.1, 0.15) is 0 Å². The fourth-order valence-electron chi connectivity index (χ4n) is 1.57. The van der Waals surface area contributed by atoms with Crippen molar-refractivity contribution < 1.29 is 0 Å². The molecule has 0 saturated carbocycles. The summed E-state index contributed by atoms with van der Waals surface area (Å²) in [4.78, 5) is 2.28. The molecule has 1 nitrogen and oxygen atoms in total. The summed E-state index contributed by atoms with van der Waals surface area (Å²) in [5.74, 6) is 0. The van der Waals surface area contributed by atoms with Crippen LogP contribution in [0, 0.1) is 10.8 Å². The summed E-state index contributed by atoms with van der Waals surface area (Å²) >= 11 is 0. The van der Waals surface area contributed by atoms with E-state index in [1.165, 1.54) is 5.70 Å². The molecule has 0 fully saturated rings. The predicted octanol–water partition coefficient (Wildman–Crippen LogP) is 3.91. The minimum atomic E-state index is 0.337. The molecule has 14 heavy (non-hydrogen) atoms. The molecule has 0 unspecified atom stereocenters. The Kier molecular flexibility index (Phi) is 4.23. The van der Waals surface area contributed by atoms with Crippen molar-refractivity contribution in [3.05, 3.63) is 12.3 Å². The zero-order chi connectivity index (χ0) is 11.6. The first-order valence-corrected chi connectivity index (χ1v) is 5.40. The van der Waals surface area contributed by atoms with Gasteiger partial charge in [-0.15, -0.1) is 0 Å². The number of nitrogens with zero attached hydrogens (tertiary/aromatic N) is 1. The fourth-order valence-corrected chi connectivity index (χ4v) is 1.57. The minimum absolute atomic E-state index is 0.337. The molecule has 84 valence electrons. The molecule has 0 heterocycles. The van der Waals surface area contributed by atoms with Gasteiger partial charge in [-0.05, 0) is 17.3 Å². The Balaban J connectivity index is 4.15. The van der Waals surface area contributed by atoms with Crippen LogP contribution in [0.15, 0.2) is 12.3 Å². The first-order chi connectivity index (χ1) is 6.01. The number of allylic oxidation sites excluding steroid dienone is 1. The van der Waals surface area contributed by atoms with E-state index in [1.54, 1.807) is 0 Å². The molecule has 0 aromatic rings. The summed E-state index contributed by atoms with van der Waals surface area (Å²) in [5.41, 5.74) is 1.92. The highest BCUT2D eigenvalue weighted by Gasteiger charge is 2.18. The van der Waals surface area contributed by atoms with E-state index >= 15 is 0 Å². The van der Waals surface area contributed by atoms with Crippen LogP contribution in [-0.4, -0.2) is 18.5 Å². The molecule has 0 saturated heterocycles. The largest absolute Gasteiger partial charge is 0.378 e. The van der Waals surface area contributed by atoms with Crippen molar-refractivity contribution in [1.82, 2.24) is 4.90 Å². The molecule has 0 aliphatic heterocycles. The Labute approximate surface area is 90.2 Å². The maximum atomic E-state index is 4.15. The smallest absolute Gasteiger partial charge is 0.0220 e. The van der Waals surface area contributed by atoms with E-state index in [4.69, 9.17) is 0 Å². The SMILES string of the molecule is C=C(CC(C)(C)C)N(C)CC(C)(C)C. The van der Waals surface area contributed by atoms with Crippen molar-refractivity contribution in [2.24, 2.45) is 10.8 Å². The Hall–Kier alpha value is -0.460. The topological polar surface area (TPSA) is 3.24 Å². The molecule has 0 amide bonds. The van der Waals surface area contributed by atoms with E-state index in [-0.39, 0.29) is 0 Å². The third-order valence-corrected chi connectivity index (χ3v) is 1.99. The molecule has 0 spiro atoms. The summed E-state index contributed by atoms with van der Waals surface area (Å²) in [6.07, 6.45) is 1.07. The van der Waals surface area contributed by atoms with Gasteiger partial charge < -0.3 is 4.90 Å². The summed E-state index contributed by atoms with van der Waals surface area (Å²) in [5, 5.41) is 0. The summed E-state index contributed by atoms with van der Waals surface area (Å²) in [6, 6.07) is 0. The second-order valence-corrected chi connectivity index (χ2v) is 6.72. The van der Waals surface area contributed by atoms with Crippen molar-refractivity contribution in [2.45, 2.75) is 48.0 Å². The summed E-state index contributed by atoms with van der Waals surface area (Å²) in [7, 11) is 2.14. The molecule has 0 aliphatic carbocycles. The molecule has 0 radical (unpaired) electrons. The van der Waals surface area contributed by atoms with Crippen molar-refractivity contribution in [3.63, 3.8) is 0 Å². The van der Waals surface area contributed by atoms with Crippen molar-refractivity contribution in [3.8, 4) is 0 Å². The lowest BCUT2D eigenvalue weighted by molar-refractivity contribution is 0.245. The maximum absolute atomic E-state index is 4.15. The highest BCUT2D eigenvalue weighted by molar-refractivity contribution is 4.96. The van der Waals surface area contributed by atoms with Crippen LogP contribution in [0.2, 0.25) is 0 Å². The quantitative estimate of drug-likeness (QED) is 0.663. The summed E-state index contributed by atoms with van der Waals surface area (Å²) in [6.45, 7) is 18.8. The third-order valence-electron chi connectivity index (χ3n) is 1.99. The van der Waals surface area contributed by atoms with Crippen LogP contribution in [0.25, 0.3) is 0 Å². The standard InChI is InChI=1S/C13H27N/c1-11(9-12(2,3)4)14(8)10-13(5,6)7/h1,9-10H2,2-8H3. The van der Waals surface area contributed by atoms with E-state index < -0.39 is 0 Å². The fraction of sp³-hybridized carbons (Fsp3) is 0.846. The van der Waals surface area contributed by atoms with Crippen LogP contribution in [0.5, 0.6) is 0 Å². The second kappa shape index (κ2) is 4.37. The average Bonchev–Trinajstić information content (AvgIpc) is 1.78. The van der Waals surface area contributed by atoms with Crippen molar-refractivity contribution >= 4 is 0 Å². The Morgan fingerprint density at radius 3 is 1.71 bits per heavy atom. The molecule has 1 heteroatoms. The van der Waals surface area contributed by atoms with E-state index in [2.05, 4.69) is 60.1 Å². The normalized spacial score (nSPS) is 12.8. The molecule has 0 rings (SSSR count). The van der Waals surface area contributed by atoms with Crippen LogP contribution < -0.4 is 0 Å². The average molecular weight is 197 g/mol. The first kappa shape index (κ1) is 13.5. The predicted molar refractivity (Wildman–Crippen MR) is 65.3 cm³/mol. The van der Waals surface area contributed by atoms with Crippen LogP contribution in [0.3, 0.4) is 0 Å². The van der Waals surface area contributed by atoms with E-state index in [0.29, 0.717) is 10.8 Å². The van der Waals surface area contributed by atoms with E-state index in [1.807, 2.05) is 0 Å². The Morgan fingerprint density at radius 1 is 1.00 bits per heavy atom. The number of rotatable bonds is 3. The van der Waals surface area contributed by atoms with Gasteiger partial charge in [0.15, 0.2) is 0 Å². The highest BCUT2D eigenvalue weighted by atomic mass is 15.1. The molecule has 0 bridgehead atoms. The summed E-state index contributed by atoms with van der Waals surface area (Å²) < 4.78 is 0. The van der Waals surface area contributed by atoms with Crippen LogP contribution in [0.1, 0.15) is 48.0 Å². The van der Waals surface area contributed by atoms with Gasteiger partial charge in [-0.2, -0.15) is 0 Å². The molecule has 0 atom stereocenters. The maximum Gasteiger partial charge on any atom is 0.0220 e. The lowest BCUT2D eigenvalue weighted by atomic mass is 9.89. The van der Waals surface area contributed by atoms with Gasteiger partial charge in [0.2, 0.25) is 0 Å². The Bertz CT molecular complexity index is 190. The second-order valence-electron chi connectivity index (χ2n) is 6.72. The van der Waals surface area contributed by atoms with Gasteiger partial charge in [-0.25, -0.2) is 0 Å². The first-order valence-electron chi connectivity index (χ1n) is 5.40. The number of hydrogen-bond donors (Lipinski definition) is 0. The van der Waals surface area contributed by atoms with Crippen molar-refractivity contribution in [2.75, 3.05) is 13.6 Å². The van der Waals surface area contributed by atoms with Gasteiger partial charge in [-0.1, -0.05) is 48.1 Å².